The SMILES string of the molecule is Cc1ccc2c(c1)c1c(n2-c2cc(-n3c4ccc(C)cc4c4cc(C)ccc43)cc(-n3c4ccc([Si](c5ccccc5)(c5ccccc5)c5ccccc5)cc4c4cc([Si](c5ccccc5)(c5ccccc5)c5ccccc5)ccc43)c2)C=CC(C)C1C. The highest BCUT2D eigenvalue weighted by atomic mass is 28.3. The van der Waals surface area contributed by atoms with Crippen LogP contribution < -0.4 is 41.5 Å². The summed E-state index contributed by atoms with van der Waals surface area (Å²) in [6.45, 7) is 11.4. The van der Waals surface area contributed by atoms with Crippen LogP contribution in [0.1, 0.15) is 47.7 Å². The Morgan fingerprint density at radius 1 is 0.273 bits per heavy atom. The second kappa shape index (κ2) is 21.1. The summed E-state index contributed by atoms with van der Waals surface area (Å²) in [7, 11) is -6.00. The van der Waals surface area contributed by atoms with Crippen molar-refractivity contribution in [1.82, 2.24) is 13.7 Å². The Morgan fingerprint density at radius 2 is 0.557 bits per heavy atom. The van der Waals surface area contributed by atoms with Crippen molar-refractivity contribution in [3.8, 4) is 17.1 Å². The fourth-order valence-electron chi connectivity index (χ4n) is 15.4. The van der Waals surface area contributed by atoms with Crippen molar-refractivity contribution in [3.05, 3.63) is 325 Å². The molecule has 3 nitrogen and oxygen atoms in total. The quantitative estimate of drug-likeness (QED) is 0.0906. The van der Waals surface area contributed by atoms with Crippen LogP contribution in [0.15, 0.2) is 297 Å². The molecule has 0 N–H and O–H groups in total. The fraction of sp³-hybridized carbons (Fsp3) is 0.0843. The molecule has 16 rings (SSSR count). The zero-order chi connectivity index (χ0) is 59.3. The summed E-state index contributed by atoms with van der Waals surface area (Å²) in [5.74, 6) is 0.750. The van der Waals surface area contributed by atoms with Crippen LogP contribution in [0, 0.1) is 26.7 Å². The minimum absolute atomic E-state index is 0.342. The van der Waals surface area contributed by atoms with Gasteiger partial charge in [-0.2, -0.15) is 0 Å². The van der Waals surface area contributed by atoms with E-state index in [9.17, 15) is 0 Å². The molecule has 1 aliphatic carbocycles. The largest absolute Gasteiger partial charge is 0.309 e. The Hall–Kier alpha value is -10.0. The van der Waals surface area contributed by atoms with Crippen molar-refractivity contribution in [2.24, 2.45) is 5.92 Å². The van der Waals surface area contributed by atoms with E-state index in [1.165, 1.54) is 113 Å². The molecule has 422 valence electrons. The monoisotopic (exact) mass is 1160 g/mol. The lowest BCUT2D eigenvalue weighted by molar-refractivity contribution is 0.587. The van der Waals surface area contributed by atoms with Crippen LogP contribution >= 0.6 is 0 Å². The first kappa shape index (κ1) is 53.4. The van der Waals surface area contributed by atoms with Crippen molar-refractivity contribution in [2.75, 3.05) is 0 Å². The third kappa shape index (κ3) is 8.21. The molecular weight excluding hydrogens is 1100 g/mol. The van der Waals surface area contributed by atoms with E-state index < -0.39 is 16.1 Å². The predicted molar refractivity (Wildman–Crippen MR) is 380 cm³/mol. The molecule has 0 bridgehead atoms. The molecule has 88 heavy (non-hydrogen) atoms. The topological polar surface area (TPSA) is 14.8 Å². The van der Waals surface area contributed by atoms with Gasteiger partial charge in [-0.1, -0.05) is 261 Å². The van der Waals surface area contributed by atoms with Crippen LogP contribution in [-0.2, 0) is 0 Å². The molecule has 0 saturated carbocycles. The third-order valence-corrected chi connectivity index (χ3v) is 29.2. The van der Waals surface area contributed by atoms with Gasteiger partial charge in [-0.25, -0.2) is 0 Å². The lowest BCUT2D eigenvalue weighted by Gasteiger charge is -2.34. The van der Waals surface area contributed by atoms with E-state index in [4.69, 9.17) is 0 Å². The van der Waals surface area contributed by atoms with Crippen molar-refractivity contribution in [1.29, 1.82) is 0 Å². The highest BCUT2D eigenvalue weighted by Crippen LogP contribution is 2.44. The van der Waals surface area contributed by atoms with Crippen LogP contribution in [0.5, 0.6) is 0 Å². The smallest absolute Gasteiger partial charge is 0.179 e. The first-order valence-corrected chi connectivity index (χ1v) is 35.1. The molecule has 0 radical (unpaired) electrons. The van der Waals surface area contributed by atoms with E-state index in [0.717, 1.165) is 28.1 Å². The zero-order valence-corrected chi connectivity index (χ0v) is 52.4. The Bertz CT molecular complexity index is 4760. The fourth-order valence-corrected chi connectivity index (χ4v) is 25.0. The molecule has 12 aromatic carbocycles. The number of hydrogen-bond acceptors (Lipinski definition) is 0. The van der Waals surface area contributed by atoms with E-state index in [2.05, 4.69) is 352 Å². The summed E-state index contributed by atoms with van der Waals surface area (Å²) in [6.07, 6.45) is 4.83. The zero-order valence-electron chi connectivity index (χ0n) is 50.4. The maximum absolute atomic E-state index is 3.00. The first-order valence-electron chi connectivity index (χ1n) is 31.1. The van der Waals surface area contributed by atoms with Gasteiger partial charge in [-0.15, -0.1) is 0 Å². The Morgan fingerprint density at radius 3 is 0.898 bits per heavy atom. The van der Waals surface area contributed by atoms with Crippen LogP contribution in [0.4, 0.5) is 0 Å². The lowest BCUT2D eigenvalue weighted by Crippen LogP contribution is -2.74. The van der Waals surface area contributed by atoms with Crippen molar-refractivity contribution < 1.29 is 0 Å². The molecule has 0 amide bonds. The second-order valence-corrected chi connectivity index (χ2v) is 32.4. The second-order valence-electron chi connectivity index (χ2n) is 24.7. The summed E-state index contributed by atoms with van der Waals surface area (Å²) in [5.41, 5.74) is 15.7. The Kier molecular flexibility index (Phi) is 12.8. The molecule has 2 atom stereocenters. The van der Waals surface area contributed by atoms with Gasteiger partial charge in [0.15, 0.2) is 16.1 Å². The lowest BCUT2D eigenvalue weighted by atomic mass is 9.83. The Balaban J connectivity index is 1.06. The van der Waals surface area contributed by atoms with Gasteiger partial charge in [-0.3, -0.25) is 0 Å². The molecule has 15 aromatic rings. The van der Waals surface area contributed by atoms with Gasteiger partial charge < -0.3 is 13.7 Å². The molecule has 0 aliphatic heterocycles. The summed E-state index contributed by atoms with van der Waals surface area (Å²) >= 11 is 0. The van der Waals surface area contributed by atoms with E-state index in [0.29, 0.717) is 11.8 Å². The van der Waals surface area contributed by atoms with E-state index in [1.54, 1.807) is 0 Å². The van der Waals surface area contributed by atoms with Gasteiger partial charge in [-0.05, 0) is 152 Å². The molecule has 0 spiro atoms. The molecule has 0 saturated heterocycles. The molecule has 5 heteroatoms. The maximum atomic E-state index is 2.61. The van der Waals surface area contributed by atoms with Crippen molar-refractivity contribution in [2.45, 2.75) is 40.5 Å². The maximum Gasteiger partial charge on any atom is 0.179 e. The molecule has 0 fully saturated rings. The summed E-state index contributed by atoms with van der Waals surface area (Å²) in [6, 6.07) is 112. The first-order chi connectivity index (χ1) is 43.2. The number of aromatic nitrogens is 3. The number of aryl methyl sites for hydroxylation is 3. The highest BCUT2D eigenvalue weighted by Gasteiger charge is 2.44. The van der Waals surface area contributed by atoms with Crippen LogP contribution in [0.3, 0.4) is 0 Å². The van der Waals surface area contributed by atoms with Gasteiger partial charge in [0.1, 0.15) is 0 Å². The number of allylic oxidation sites excluding steroid dienone is 1. The van der Waals surface area contributed by atoms with Crippen LogP contribution in [0.2, 0.25) is 0 Å². The van der Waals surface area contributed by atoms with E-state index >= 15 is 0 Å². The minimum Gasteiger partial charge on any atom is -0.309 e. The van der Waals surface area contributed by atoms with Crippen molar-refractivity contribution in [3.63, 3.8) is 0 Å². The standard InChI is InChI=1S/C83H67N3Si2/c1-56-36-42-77-72(48-56)73-49-57(2)37-43-78(73)84(77)61-51-62(53-63(52-61)86-81-44-38-58(3)50-76(81)83-60(5)59(4)39-45-82(83)86)85-79-46-40-70(87(64-24-12-6-13-25-64,65-26-14-7-15-27-65)66-28-16-8-17-29-66)54-74(79)75-55-71(41-47-80(75)85)88(67-30-18-9-19-31-67,68-32-20-10-21-33-68)69-34-22-11-23-35-69/h6-55,59-60H,1-5H3. The summed E-state index contributed by atoms with van der Waals surface area (Å²) in [4.78, 5) is 0. The van der Waals surface area contributed by atoms with E-state index in [1.807, 2.05) is 0 Å². The average Bonchev–Trinajstić information content (AvgIpc) is 1.42. The van der Waals surface area contributed by atoms with Gasteiger partial charge in [0.05, 0.1) is 50.3 Å². The normalized spacial score (nSPS) is 14.4. The molecule has 1 aliphatic rings. The van der Waals surface area contributed by atoms with Crippen LogP contribution in [-0.4, -0.2) is 29.8 Å². The number of fused-ring (bicyclic) bond motifs is 9. The van der Waals surface area contributed by atoms with Gasteiger partial charge in [0.2, 0.25) is 0 Å². The summed E-state index contributed by atoms with van der Waals surface area (Å²) < 4.78 is 7.70. The third-order valence-electron chi connectivity index (χ3n) is 19.6. The van der Waals surface area contributed by atoms with E-state index in [-0.39, 0.29) is 0 Å². The van der Waals surface area contributed by atoms with Gasteiger partial charge >= 0.3 is 0 Å². The number of benzene rings is 12. The number of nitrogens with zero attached hydrogens (tertiary/aromatic N) is 3. The number of hydrogen-bond donors (Lipinski definition) is 0. The van der Waals surface area contributed by atoms with Crippen molar-refractivity contribution >= 4 is 118 Å². The van der Waals surface area contributed by atoms with Crippen LogP contribution in [0.25, 0.3) is 77.7 Å². The molecular formula is C83H67N3Si2. The average molecular weight is 1160 g/mol. The predicted octanol–water partition coefficient (Wildman–Crippen LogP) is 15.3. The van der Waals surface area contributed by atoms with Gasteiger partial charge in [0.25, 0.3) is 0 Å². The molecule has 2 unspecified atom stereocenters. The molecule has 3 aromatic heterocycles. The highest BCUT2D eigenvalue weighted by molar-refractivity contribution is 7.20. The molecule has 3 heterocycles. The Labute approximate surface area is 517 Å². The number of rotatable bonds is 11. The minimum atomic E-state index is -3.00. The van der Waals surface area contributed by atoms with Gasteiger partial charge in [0, 0.05) is 26.9 Å². The summed E-state index contributed by atoms with van der Waals surface area (Å²) in [5, 5.41) is 17.1.